The molecule has 0 aliphatic rings. The molecule has 2 aromatic carbocycles. The molecule has 29 heavy (non-hydrogen) atoms. The Bertz CT molecular complexity index is 955. The monoisotopic (exact) mass is 412 g/mol. The molecule has 3 rings (SSSR count). The van der Waals surface area contributed by atoms with Crippen molar-refractivity contribution in [2.75, 3.05) is 27.4 Å². The second kappa shape index (κ2) is 10.1. The van der Waals surface area contributed by atoms with Gasteiger partial charge in [0.05, 0.1) is 25.8 Å². The van der Waals surface area contributed by atoms with Crippen molar-refractivity contribution < 1.29 is 14.3 Å². The summed E-state index contributed by atoms with van der Waals surface area (Å²) in [5, 5.41) is 0.712. The van der Waals surface area contributed by atoms with E-state index in [9.17, 15) is 4.79 Å². The summed E-state index contributed by atoms with van der Waals surface area (Å²) >= 11 is 6.12. The second-order valence-electron chi connectivity index (χ2n) is 6.68. The fraction of sp³-hybridized carbons (Fsp3) is 0.261. The van der Waals surface area contributed by atoms with Crippen molar-refractivity contribution in [3.05, 3.63) is 88.7 Å². The maximum atomic E-state index is 13.2. The Hall–Kier alpha value is -2.76. The van der Waals surface area contributed by atoms with E-state index in [0.717, 1.165) is 11.3 Å². The molecule has 0 spiro atoms. The van der Waals surface area contributed by atoms with E-state index in [1.165, 1.54) is 0 Å². The zero-order valence-corrected chi connectivity index (χ0v) is 17.4. The molecule has 6 heteroatoms. The normalized spacial score (nSPS) is 10.7. The van der Waals surface area contributed by atoms with E-state index in [1.54, 1.807) is 31.3 Å². The molecular weight excluding hydrogens is 388 g/mol. The van der Waals surface area contributed by atoms with Gasteiger partial charge in [-0.3, -0.25) is 4.79 Å². The third-order valence-corrected chi connectivity index (χ3v) is 4.94. The zero-order valence-electron chi connectivity index (χ0n) is 16.7. The highest BCUT2D eigenvalue weighted by Gasteiger charge is 2.20. The molecular formula is C23H25ClN2O3. The number of hydrogen-bond donors (Lipinski definition) is 0. The first-order valence-corrected chi connectivity index (χ1v) is 9.80. The summed E-state index contributed by atoms with van der Waals surface area (Å²) in [4.78, 5) is 15.0. The van der Waals surface area contributed by atoms with Crippen molar-refractivity contribution >= 4 is 17.5 Å². The van der Waals surface area contributed by atoms with Gasteiger partial charge in [0, 0.05) is 37.1 Å². The van der Waals surface area contributed by atoms with Crippen LogP contribution in [0.1, 0.15) is 21.6 Å². The van der Waals surface area contributed by atoms with Crippen LogP contribution in [-0.4, -0.2) is 42.7 Å². The fourth-order valence-electron chi connectivity index (χ4n) is 3.22. The summed E-state index contributed by atoms with van der Waals surface area (Å²) in [5.41, 5.74) is 2.68. The summed E-state index contributed by atoms with van der Waals surface area (Å²) < 4.78 is 12.7. The average molecular weight is 413 g/mol. The van der Waals surface area contributed by atoms with Crippen LogP contribution in [0.4, 0.5) is 0 Å². The molecule has 0 bridgehead atoms. The van der Waals surface area contributed by atoms with Gasteiger partial charge < -0.3 is 18.9 Å². The number of para-hydroxylation sites is 1. The molecule has 1 amide bonds. The number of ether oxygens (including phenoxy) is 2. The van der Waals surface area contributed by atoms with Crippen LogP contribution >= 0.6 is 11.6 Å². The average Bonchev–Trinajstić information content (AvgIpc) is 3.17. The van der Waals surface area contributed by atoms with Crippen molar-refractivity contribution in [2.45, 2.75) is 13.1 Å². The smallest absolute Gasteiger partial charge is 0.258 e. The fourth-order valence-corrected chi connectivity index (χ4v) is 3.43. The number of benzene rings is 2. The van der Waals surface area contributed by atoms with Crippen molar-refractivity contribution in [2.24, 2.45) is 0 Å². The van der Waals surface area contributed by atoms with Crippen molar-refractivity contribution in [1.29, 1.82) is 0 Å². The highest BCUT2D eigenvalue weighted by atomic mass is 35.5. The highest BCUT2D eigenvalue weighted by molar-refractivity contribution is 6.30. The first kappa shape index (κ1) is 21.0. The summed E-state index contributed by atoms with van der Waals surface area (Å²) in [5.74, 6) is 0.476. The van der Waals surface area contributed by atoms with Crippen LogP contribution < -0.4 is 4.74 Å². The number of carbonyl (C=O) groups is 1. The maximum absolute atomic E-state index is 13.2. The molecule has 0 N–H and O–H groups in total. The van der Waals surface area contributed by atoms with Gasteiger partial charge in [-0.2, -0.15) is 0 Å². The third kappa shape index (κ3) is 5.40. The largest absolute Gasteiger partial charge is 0.496 e. The van der Waals surface area contributed by atoms with E-state index >= 15 is 0 Å². The predicted molar refractivity (Wildman–Crippen MR) is 115 cm³/mol. The quantitative estimate of drug-likeness (QED) is 0.520. The molecule has 1 heterocycles. The molecule has 5 nitrogen and oxygen atoms in total. The molecule has 0 aliphatic heterocycles. The van der Waals surface area contributed by atoms with Gasteiger partial charge in [-0.25, -0.2) is 0 Å². The van der Waals surface area contributed by atoms with Gasteiger partial charge in [-0.15, -0.1) is 0 Å². The van der Waals surface area contributed by atoms with Crippen LogP contribution in [0.5, 0.6) is 5.75 Å². The SMILES string of the molecule is COCCN(Cc1cccn1Cc1cccc(Cl)c1)C(=O)c1ccccc1OC. The molecule has 0 unspecified atom stereocenters. The van der Waals surface area contributed by atoms with Crippen molar-refractivity contribution in [1.82, 2.24) is 9.47 Å². The summed E-state index contributed by atoms with van der Waals surface area (Å²) in [6, 6.07) is 19.1. The van der Waals surface area contributed by atoms with Gasteiger partial charge in [0.25, 0.3) is 5.91 Å². The topological polar surface area (TPSA) is 43.7 Å². The standard InChI is InChI=1S/C23H25ClN2O3/c1-28-14-13-26(23(27)21-10-3-4-11-22(21)29-2)17-20-9-6-12-25(20)16-18-7-5-8-19(24)15-18/h3-12,15H,13-14,16-17H2,1-2H3. The zero-order chi connectivity index (χ0) is 20.6. The Morgan fingerprint density at radius 2 is 1.90 bits per heavy atom. The molecule has 3 aromatic rings. The number of methoxy groups -OCH3 is 2. The summed E-state index contributed by atoms with van der Waals surface area (Å²) in [6.07, 6.45) is 2.01. The van der Waals surface area contributed by atoms with Gasteiger partial charge in [0.15, 0.2) is 0 Å². The van der Waals surface area contributed by atoms with Crippen molar-refractivity contribution in [3.8, 4) is 5.75 Å². The molecule has 152 valence electrons. The first-order valence-electron chi connectivity index (χ1n) is 9.42. The number of halogens is 1. The number of rotatable bonds is 9. The Morgan fingerprint density at radius 3 is 2.66 bits per heavy atom. The number of aromatic nitrogens is 1. The molecule has 0 aliphatic carbocycles. The summed E-state index contributed by atoms with van der Waals surface area (Å²) in [7, 11) is 3.20. The van der Waals surface area contributed by atoms with E-state index in [1.807, 2.05) is 54.7 Å². The Labute approximate surface area is 176 Å². The molecule has 1 aromatic heterocycles. The number of nitrogens with zero attached hydrogens (tertiary/aromatic N) is 2. The van der Waals surface area contributed by atoms with E-state index in [4.69, 9.17) is 21.1 Å². The third-order valence-electron chi connectivity index (χ3n) is 4.71. The minimum absolute atomic E-state index is 0.0880. The minimum Gasteiger partial charge on any atom is -0.496 e. The van der Waals surface area contributed by atoms with Gasteiger partial charge in [-0.05, 0) is 42.0 Å². The van der Waals surface area contributed by atoms with Crippen LogP contribution in [-0.2, 0) is 17.8 Å². The van der Waals surface area contributed by atoms with Gasteiger partial charge in [0.1, 0.15) is 5.75 Å². The molecule has 0 fully saturated rings. The highest BCUT2D eigenvalue weighted by Crippen LogP contribution is 2.21. The van der Waals surface area contributed by atoms with E-state index < -0.39 is 0 Å². The van der Waals surface area contributed by atoms with Crippen LogP contribution in [0.3, 0.4) is 0 Å². The van der Waals surface area contributed by atoms with E-state index in [2.05, 4.69) is 4.57 Å². The lowest BCUT2D eigenvalue weighted by atomic mass is 10.1. The lowest BCUT2D eigenvalue weighted by Crippen LogP contribution is -2.34. The molecule has 0 saturated carbocycles. The number of hydrogen-bond acceptors (Lipinski definition) is 3. The Balaban J connectivity index is 1.82. The van der Waals surface area contributed by atoms with E-state index in [0.29, 0.717) is 42.6 Å². The maximum Gasteiger partial charge on any atom is 0.258 e. The van der Waals surface area contributed by atoms with Gasteiger partial charge >= 0.3 is 0 Å². The first-order chi connectivity index (χ1) is 14.1. The summed E-state index contributed by atoms with van der Waals surface area (Å²) in [6.45, 7) is 2.09. The minimum atomic E-state index is -0.0880. The van der Waals surface area contributed by atoms with Crippen LogP contribution in [0.15, 0.2) is 66.9 Å². The lowest BCUT2D eigenvalue weighted by Gasteiger charge is -2.24. The van der Waals surface area contributed by atoms with Crippen LogP contribution in [0.2, 0.25) is 5.02 Å². The van der Waals surface area contributed by atoms with Gasteiger partial charge in [-0.1, -0.05) is 35.9 Å². The lowest BCUT2D eigenvalue weighted by molar-refractivity contribution is 0.0673. The van der Waals surface area contributed by atoms with E-state index in [-0.39, 0.29) is 5.91 Å². The molecule has 0 radical (unpaired) electrons. The van der Waals surface area contributed by atoms with Crippen LogP contribution in [0.25, 0.3) is 0 Å². The Kier molecular flexibility index (Phi) is 7.33. The molecule has 0 saturated heterocycles. The van der Waals surface area contributed by atoms with Crippen molar-refractivity contribution in [3.63, 3.8) is 0 Å². The predicted octanol–water partition coefficient (Wildman–Crippen LogP) is 4.49. The second-order valence-corrected chi connectivity index (χ2v) is 7.11. The number of amides is 1. The Morgan fingerprint density at radius 1 is 1.07 bits per heavy atom. The van der Waals surface area contributed by atoms with Crippen LogP contribution in [0, 0.1) is 0 Å². The molecule has 0 atom stereocenters. The van der Waals surface area contributed by atoms with Gasteiger partial charge in [0.2, 0.25) is 0 Å². The number of carbonyl (C=O) groups excluding carboxylic acids is 1.